The minimum absolute atomic E-state index is 0.0961. The van der Waals surface area contributed by atoms with Crippen LogP contribution in [0.5, 0.6) is 5.75 Å². The highest BCUT2D eigenvalue weighted by Gasteiger charge is 2.12. The number of rotatable bonds is 6. The van der Waals surface area contributed by atoms with Gasteiger partial charge in [-0.3, -0.25) is 4.79 Å². The maximum Gasteiger partial charge on any atom is 0.224 e. The van der Waals surface area contributed by atoms with Crippen molar-refractivity contribution >= 4 is 17.2 Å². The standard InChI is InChI=1S/C15H17NO3S/c17-9-13(7-11-1-3-14(18)4-2-11)16-15(19)8-12-5-6-20-10-12/h1-6,10,13,17-18H,7-9H2,(H,16,19)/t13-/m0/s1. The Morgan fingerprint density at radius 2 is 1.95 bits per heavy atom. The number of hydrogen-bond donors (Lipinski definition) is 3. The van der Waals surface area contributed by atoms with E-state index in [-0.39, 0.29) is 24.3 Å². The SMILES string of the molecule is O=C(Cc1ccsc1)N[C@H](CO)Cc1ccc(O)cc1. The number of nitrogens with one attached hydrogen (secondary N) is 1. The second-order valence-corrected chi connectivity index (χ2v) is 5.41. The van der Waals surface area contributed by atoms with E-state index in [0.717, 1.165) is 11.1 Å². The molecule has 0 saturated carbocycles. The predicted octanol–water partition coefficient (Wildman–Crippen LogP) is 1.72. The number of phenols is 1. The van der Waals surface area contributed by atoms with Gasteiger partial charge in [0, 0.05) is 0 Å². The van der Waals surface area contributed by atoms with Crippen LogP contribution in [0.2, 0.25) is 0 Å². The second kappa shape index (κ2) is 7.07. The molecule has 1 aromatic heterocycles. The first-order chi connectivity index (χ1) is 9.67. The van der Waals surface area contributed by atoms with Crippen molar-refractivity contribution < 1.29 is 15.0 Å². The summed E-state index contributed by atoms with van der Waals surface area (Å²) < 4.78 is 0. The van der Waals surface area contributed by atoms with Gasteiger partial charge in [0.25, 0.3) is 0 Å². The van der Waals surface area contributed by atoms with Crippen LogP contribution in [0.25, 0.3) is 0 Å². The lowest BCUT2D eigenvalue weighted by Gasteiger charge is -2.16. The Labute approximate surface area is 121 Å². The zero-order chi connectivity index (χ0) is 14.4. The summed E-state index contributed by atoms with van der Waals surface area (Å²) in [7, 11) is 0. The number of amides is 1. The quantitative estimate of drug-likeness (QED) is 0.759. The Kier molecular flexibility index (Phi) is 5.15. The normalized spacial score (nSPS) is 12.1. The first-order valence-corrected chi connectivity index (χ1v) is 7.31. The van der Waals surface area contributed by atoms with Gasteiger partial charge in [-0.25, -0.2) is 0 Å². The van der Waals surface area contributed by atoms with Gasteiger partial charge in [0.1, 0.15) is 5.75 Å². The van der Waals surface area contributed by atoms with E-state index in [4.69, 9.17) is 0 Å². The van der Waals surface area contributed by atoms with Crippen LogP contribution in [0.4, 0.5) is 0 Å². The van der Waals surface area contributed by atoms with Crippen LogP contribution in [0.1, 0.15) is 11.1 Å². The van der Waals surface area contributed by atoms with Gasteiger partial charge in [-0.15, -0.1) is 0 Å². The molecule has 0 spiro atoms. The molecular formula is C15H17NO3S. The summed E-state index contributed by atoms with van der Waals surface area (Å²) in [5.41, 5.74) is 1.94. The summed E-state index contributed by atoms with van der Waals surface area (Å²) in [5, 5.41) is 25.3. The average Bonchev–Trinajstić information content (AvgIpc) is 2.93. The molecule has 4 nitrogen and oxygen atoms in total. The Morgan fingerprint density at radius 3 is 2.55 bits per heavy atom. The molecule has 0 bridgehead atoms. The zero-order valence-corrected chi connectivity index (χ0v) is 11.8. The third kappa shape index (κ3) is 4.36. The van der Waals surface area contributed by atoms with Gasteiger partial charge in [0.2, 0.25) is 5.91 Å². The highest BCUT2D eigenvalue weighted by Crippen LogP contribution is 2.11. The van der Waals surface area contributed by atoms with Crippen LogP contribution in [0.15, 0.2) is 41.1 Å². The fraction of sp³-hybridized carbons (Fsp3) is 0.267. The first kappa shape index (κ1) is 14.6. The maximum atomic E-state index is 11.9. The van der Waals surface area contributed by atoms with E-state index in [1.807, 2.05) is 16.8 Å². The lowest BCUT2D eigenvalue weighted by Crippen LogP contribution is -2.39. The Bertz CT molecular complexity index is 537. The number of phenolic OH excluding ortho intramolecular Hbond substituents is 1. The molecule has 0 aliphatic heterocycles. The fourth-order valence-corrected chi connectivity index (χ4v) is 2.60. The van der Waals surface area contributed by atoms with Crippen molar-refractivity contribution in [3.05, 3.63) is 52.2 Å². The number of carbonyl (C=O) groups excluding carboxylic acids is 1. The zero-order valence-electron chi connectivity index (χ0n) is 11.0. The molecule has 2 rings (SSSR count). The molecule has 0 aliphatic rings. The van der Waals surface area contributed by atoms with Crippen LogP contribution in [0, 0.1) is 0 Å². The molecule has 106 valence electrons. The number of aliphatic hydroxyl groups excluding tert-OH is 1. The minimum Gasteiger partial charge on any atom is -0.508 e. The van der Waals surface area contributed by atoms with Gasteiger partial charge in [-0.2, -0.15) is 11.3 Å². The van der Waals surface area contributed by atoms with Crippen molar-refractivity contribution in [1.82, 2.24) is 5.32 Å². The molecule has 20 heavy (non-hydrogen) atoms. The molecule has 1 aromatic carbocycles. The summed E-state index contributed by atoms with van der Waals surface area (Å²) in [5.74, 6) is 0.108. The van der Waals surface area contributed by atoms with Gasteiger partial charge < -0.3 is 15.5 Å². The highest BCUT2D eigenvalue weighted by atomic mass is 32.1. The van der Waals surface area contributed by atoms with Crippen LogP contribution < -0.4 is 5.32 Å². The Hall–Kier alpha value is -1.85. The van der Waals surface area contributed by atoms with Crippen LogP contribution in [-0.4, -0.2) is 28.8 Å². The van der Waals surface area contributed by atoms with E-state index in [1.54, 1.807) is 35.6 Å². The summed E-state index contributed by atoms with van der Waals surface area (Å²) >= 11 is 1.56. The monoisotopic (exact) mass is 291 g/mol. The molecule has 3 N–H and O–H groups in total. The second-order valence-electron chi connectivity index (χ2n) is 4.63. The number of carbonyl (C=O) groups is 1. The molecule has 0 radical (unpaired) electrons. The first-order valence-electron chi connectivity index (χ1n) is 6.36. The number of hydrogen-bond acceptors (Lipinski definition) is 4. The molecule has 0 saturated heterocycles. The molecule has 5 heteroatoms. The van der Waals surface area contributed by atoms with Gasteiger partial charge >= 0.3 is 0 Å². The number of thiophene rings is 1. The van der Waals surface area contributed by atoms with Crippen LogP contribution in [-0.2, 0) is 17.6 Å². The highest BCUT2D eigenvalue weighted by molar-refractivity contribution is 7.07. The predicted molar refractivity (Wildman–Crippen MR) is 78.9 cm³/mol. The molecule has 0 unspecified atom stereocenters. The lowest BCUT2D eigenvalue weighted by molar-refractivity contribution is -0.121. The van der Waals surface area contributed by atoms with E-state index in [1.165, 1.54) is 0 Å². The Morgan fingerprint density at radius 1 is 1.20 bits per heavy atom. The topological polar surface area (TPSA) is 69.6 Å². The van der Waals surface area contributed by atoms with E-state index in [9.17, 15) is 15.0 Å². The van der Waals surface area contributed by atoms with E-state index < -0.39 is 0 Å². The minimum atomic E-state index is -0.314. The van der Waals surface area contributed by atoms with Gasteiger partial charge in [0.15, 0.2) is 0 Å². The molecule has 2 aromatic rings. The van der Waals surface area contributed by atoms with Gasteiger partial charge in [0.05, 0.1) is 19.1 Å². The third-order valence-corrected chi connectivity index (χ3v) is 3.68. The van der Waals surface area contributed by atoms with E-state index in [0.29, 0.717) is 12.8 Å². The number of aliphatic hydroxyl groups is 1. The molecule has 0 aliphatic carbocycles. The van der Waals surface area contributed by atoms with Crippen molar-refractivity contribution in [1.29, 1.82) is 0 Å². The molecule has 1 heterocycles. The van der Waals surface area contributed by atoms with Crippen molar-refractivity contribution in [2.45, 2.75) is 18.9 Å². The van der Waals surface area contributed by atoms with Crippen molar-refractivity contribution in [3.8, 4) is 5.75 Å². The van der Waals surface area contributed by atoms with Gasteiger partial charge in [-0.05, 0) is 46.5 Å². The van der Waals surface area contributed by atoms with Gasteiger partial charge in [-0.1, -0.05) is 12.1 Å². The summed E-state index contributed by atoms with van der Waals surface area (Å²) in [6, 6.07) is 8.35. The van der Waals surface area contributed by atoms with Crippen molar-refractivity contribution in [2.24, 2.45) is 0 Å². The van der Waals surface area contributed by atoms with E-state index in [2.05, 4.69) is 5.32 Å². The van der Waals surface area contributed by atoms with Crippen LogP contribution >= 0.6 is 11.3 Å². The fourth-order valence-electron chi connectivity index (χ4n) is 1.94. The Balaban J connectivity index is 1.88. The van der Waals surface area contributed by atoms with E-state index >= 15 is 0 Å². The molecule has 1 atom stereocenters. The summed E-state index contributed by atoms with van der Waals surface area (Å²) in [6.45, 7) is -0.115. The molecule has 1 amide bonds. The van der Waals surface area contributed by atoms with Crippen molar-refractivity contribution in [2.75, 3.05) is 6.61 Å². The largest absolute Gasteiger partial charge is 0.508 e. The van der Waals surface area contributed by atoms with Crippen molar-refractivity contribution in [3.63, 3.8) is 0 Å². The molecule has 0 fully saturated rings. The summed E-state index contributed by atoms with van der Waals surface area (Å²) in [4.78, 5) is 11.9. The number of aromatic hydroxyl groups is 1. The lowest BCUT2D eigenvalue weighted by atomic mass is 10.1. The van der Waals surface area contributed by atoms with Crippen LogP contribution in [0.3, 0.4) is 0 Å². The summed E-state index contributed by atoms with van der Waals surface area (Å²) in [6.07, 6.45) is 0.863. The number of benzene rings is 1. The smallest absolute Gasteiger partial charge is 0.224 e. The average molecular weight is 291 g/mol. The molecular weight excluding hydrogens is 274 g/mol. The maximum absolute atomic E-state index is 11.9. The third-order valence-electron chi connectivity index (χ3n) is 2.95.